The van der Waals surface area contributed by atoms with Crippen molar-refractivity contribution in [2.45, 2.75) is 64.0 Å². The van der Waals surface area contributed by atoms with Crippen LogP contribution in [-0.2, 0) is 16.0 Å². The van der Waals surface area contributed by atoms with Gasteiger partial charge in [0.1, 0.15) is 0 Å². The minimum Gasteiger partial charge on any atom is -0.466 e. The maximum Gasteiger partial charge on any atom is 0.318 e. The fourth-order valence-electron chi connectivity index (χ4n) is 4.00. The molecule has 25 heavy (non-hydrogen) atoms. The molecule has 1 fully saturated rings. The van der Waals surface area contributed by atoms with Crippen LogP contribution in [0.3, 0.4) is 0 Å². The molecule has 1 aromatic rings. The van der Waals surface area contributed by atoms with Gasteiger partial charge in [0.2, 0.25) is 0 Å². The van der Waals surface area contributed by atoms with Crippen molar-refractivity contribution in [1.29, 1.82) is 0 Å². The zero-order chi connectivity index (χ0) is 17.6. The molecule has 1 heterocycles. The van der Waals surface area contributed by atoms with Crippen LogP contribution in [0.1, 0.15) is 62.6 Å². The van der Waals surface area contributed by atoms with Gasteiger partial charge < -0.3 is 15.0 Å². The molecule has 0 unspecified atom stereocenters. The number of urea groups is 1. The lowest BCUT2D eigenvalue weighted by molar-refractivity contribution is -0.144. The van der Waals surface area contributed by atoms with E-state index in [0.717, 1.165) is 24.8 Å². The van der Waals surface area contributed by atoms with Gasteiger partial charge in [0.25, 0.3) is 0 Å². The fraction of sp³-hybridized carbons (Fsp3) is 0.600. The summed E-state index contributed by atoms with van der Waals surface area (Å²) in [7, 11) is 0. The summed E-state index contributed by atoms with van der Waals surface area (Å²) in [6.45, 7) is 2.81. The summed E-state index contributed by atoms with van der Waals surface area (Å²) in [5, 5.41) is 3.19. The first-order valence-corrected chi connectivity index (χ1v) is 9.49. The molecule has 0 aromatic heterocycles. The lowest BCUT2D eigenvalue weighted by Gasteiger charge is -2.38. The van der Waals surface area contributed by atoms with Crippen molar-refractivity contribution < 1.29 is 14.3 Å². The quantitative estimate of drug-likeness (QED) is 0.849. The molecule has 1 aliphatic heterocycles. The predicted octanol–water partition coefficient (Wildman–Crippen LogP) is 3.58. The Bertz CT molecular complexity index is 611. The highest BCUT2D eigenvalue weighted by atomic mass is 16.5. The van der Waals surface area contributed by atoms with Crippen molar-refractivity contribution in [2.75, 3.05) is 13.2 Å². The molecule has 1 aliphatic carbocycles. The number of benzene rings is 1. The number of amides is 2. The van der Waals surface area contributed by atoms with Gasteiger partial charge in [0.15, 0.2) is 0 Å². The number of hydrogen-bond acceptors (Lipinski definition) is 3. The topological polar surface area (TPSA) is 58.6 Å². The van der Waals surface area contributed by atoms with Crippen LogP contribution in [0.4, 0.5) is 4.79 Å². The Kier molecular flexibility index (Phi) is 5.95. The van der Waals surface area contributed by atoms with Crippen LogP contribution in [-0.4, -0.2) is 36.1 Å². The Morgan fingerprint density at radius 2 is 1.96 bits per heavy atom. The highest BCUT2D eigenvalue weighted by Gasteiger charge is 2.33. The van der Waals surface area contributed by atoms with E-state index >= 15 is 0 Å². The van der Waals surface area contributed by atoms with Crippen LogP contribution in [0, 0.1) is 0 Å². The van der Waals surface area contributed by atoms with Gasteiger partial charge in [-0.25, -0.2) is 4.79 Å². The molecular weight excluding hydrogens is 316 g/mol. The largest absolute Gasteiger partial charge is 0.466 e. The normalized spacial score (nSPS) is 20.7. The molecule has 0 spiro atoms. The Labute approximate surface area is 149 Å². The number of nitrogens with zero attached hydrogens (tertiary/aromatic N) is 1. The van der Waals surface area contributed by atoms with Gasteiger partial charge in [-0.1, -0.05) is 43.5 Å². The molecule has 0 radical (unpaired) electrons. The van der Waals surface area contributed by atoms with Gasteiger partial charge in [-0.15, -0.1) is 0 Å². The van der Waals surface area contributed by atoms with Crippen molar-refractivity contribution in [3.8, 4) is 0 Å². The standard InChI is InChI=1S/C20H28N2O3/c1-2-25-19(23)14-18-17-11-7-6-8-15(17)12-13-22(18)20(24)21-16-9-4-3-5-10-16/h6-8,11,16,18H,2-5,9-10,12-14H2,1H3,(H,21,24)/t18-/m0/s1. The first-order valence-electron chi connectivity index (χ1n) is 9.49. The van der Waals surface area contributed by atoms with Gasteiger partial charge in [-0.05, 0) is 37.3 Å². The average molecular weight is 344 g/mol. The molecule has 1 N–H and O–H groups in total. The second-order valence-corrected chi connectivity index (χ2v) is 6.95. The Morgan fingerprint density at radius 1 is 1.20 bits per heavy atom. The summed E-state index contributed by atoms with van der Waals surface area (Å²) >= 11 is 0. The van der Waals surface area contributed by atoms with Crippen LogP contribution in [0.15, 0.2) is 24.3 Å². The fourth-order valence-corrected chi connectivity index (χ4v) is 4.00. The van der Waals surface area contributed by atoms with Gasteiger partial charge >= 0.3 is 12.0 Å². The predicted molar refractivity (Wildman–Crippen MR) is 96.2 cm³/mol. The molecule has 5 heteroatoms. The van der Waals surface area contributed by atoms with Crippen molar-refractivity contribution in [3.63, 3.8) is 0 Å². The van der Waals surface area contributed by atoms with E-state index in [4.69, 9.17) is 4.74 Å². The summed E-state index contributed by atoms with van der Waals surface area (Å²) in [6, 6.07) is 8.07. The molecule has 0 saturated heterocycles. The van der Waals surface area contributed by atoms with Crippen molar-refractivity contribution in [2.24, 2.45) is 0 Å². The number of hydrogen-bond donors (Lipinski definition) is 1. The molecule has 136 valence electrons. The number of carbonyl (C=O) groups excluding carboxylic acids is 2. The van der Waals surface area contributed by atoms with Crippen LogP contribution in [0.25, 0.3) is 0 Å². The lowest BCUT2D eigenvalue weighted by Crippen LogP contribution is -2.49. The SMILES string of the molecule is CCOC(=O)C[C@H]1c2ccccc2CCN1C(=O)NC1CCCCC1. The molecule has 1 aromatic carbocycles. The minimum atomic E-state index is -0.250. The van der Waals surface area contributed by atoms with Gasteiger partial charge in [-0.3, -0.25) is 4.79 Å². The molecule has 1 saturated carbocycles. The van der Waals surface area contributed by atoms with Crippen molar-refractivity contribution >= 4 is 12.0 Å². The van der Waals surface area contributed by atoms with E-state index in [2.05, 4.69) is 11.4 Å². The van der Waals surface area contributed by atoms with Crippen LogP contribution in [0.5, 0.6) is 0 Å². The maximum absolute atomic E-state index is 12.9. The van der Waals surface area contributed by atoms with Crippen LogP contribution in [0.2, 0.25) is 0 Å². The summed E-state index contributed by atoms with van der Waals surface area (Å²) in [5.41, 5.74) is 2.29. The number of fused-ring (bicyclic) bond motifs is 1. The monoisotopic (exact) mass is 344 g/mol. The number of carbonyl (C=O) groups is 2. The molecule has 2 aliphatic rings. The number of rotatable bonds is 4. The number of nitrogens with one attached hydrogen (secondary N) is 1. The third-order valence-corrected chi connectivity index (χ3v) is 5.27. The van der Waals surface area contributed by atoms with Crippen LogP contribution < -0.4 is 5.32 Å². The van der Waals surface area contributed by atoms with E-state index in [1.807, 2.05) is 23.1 Å². The van der Waals surface area contributed by atoms with Crippen molar-refractivity contribution in [1.82, 2.24) is 10.2 Å². The third-order valence-electron chi connectivity index (χ3n) is 5.27. The first kappa shape index (κ1) is 17.8. The number of ether oxygens (including phenoxy) is 1. The summed E-state index contributed by atoms with van der Waals surface area (Å²) in [5.74, 6) is -0.250. The first-order chi connectivity index (χ1) is 12.2. The van der Waals surface area contributed by atoms with Gasteiger partial charge in [0.05, 0.1) is 19.1 Å². The average Bonchev–Trinajstić information content (AvgIpc) is 2.63. The molecule has 2 amide bonds. The van der Waals surface area contributed by atoms with E-state index in [0.29, 0.717) is 13.2 Å². The van der Waals surface area contributed by atoms with Gasteiger partial charge in [-0.2, -0.15) is 0 Å². The third kappa shape index (κ3) is 4.33. The molecule has 3 rings (SSSR count). The summed E-state index contributed by atoms with van der Waals surface area (Å²) in [6.07, 6.45) is 6.77. The zero-order valence-corrected chi connectivity index (χ0v) is 15.0. The smallest absolute Gasteiger partial charge is 0.318 e. The lowest BCUT2D eigenvalue weighted by atomic mass is 9.90. The molecule has 5 nitrogen and oxygen atoms in total. The highest BCUT2D eigenvalue weighted by molar-refractivity contribution is 5.77. The van der Waals surface area contributed by atoms with E-state index in [1.54, 1.807) is 6.92 Å². The summed E-state index contributed by atoms with van der Waals surface area (Å²) in [4.78, 5) is 26.8. The second kappa shape index (κ2) is 8.37. The Morgan fingerprint density at radius 3 is 2.72 bits per heavy atom. The van der Waals surface area contributed by atoms with Gasteiger partial charge in [0, 0.05) is 12.6 Å². The zero-order valence-electron chi connectivity index (χ0n) is 15.0. The van der Waals surface area contributed by atoms with E-state index in [9.17, 15) is 9.59 Å². The number of esters is 1. The Balaban J connectivity index is 1.76. The van der Waals surface area contributed by atoms with Crippen LogP contribution >= 0.6 is 0 Å². The van der Waals surface area contributed by atoms with E-state index in [-0.39, 0.29) is 30.5 Å². The molecular formula is C20H28N2O3. The highest BCUT2D eigenvalue weighted by Crippen LogP contribution is 2.33. The summed E-state index contributed by atoms with van der Waals surface area (Å²) < 4.78 is 5.14. The Hall–Kier alpha value is -2.04. The molecule has 0 bridgehead atoms. The maximum atomic E-state index is 12.9. The molecule has 1 atom stereocenters. The van der Waals surface area contributed by atoms with E-state index in [1.165, 1.54) is 24.8 Å². The van der Waals surface area contributed by atoms with E-state index < -0.39 is 0 Å². The minimum absolute atomic E-state index is 0.0456. The van der Waals surface area contributed by atoms with Crippen molar-refractivity contribution in [3.05, 3.63) is 35.4 Å². The second-order valence-electron chi connectivity index (χ2n) is 6.95.